The van der Waals surface area contributed by atoms with Gasteiger partial charge in [-0.1, -0.05) is 213 Å². The van der Waals surface area contributed by atoms with Crippen LogP contribution in [0.1, 0.15) is 134 Å². The number of benzene rings is 7. The Hall–Kier alpha value is -7.04. The van der Waals surface area contributed by atoms with E-state index in [9.17, 15) is 5.11 Å². The van der Waals surface area contributed by atoms with Gasteiger partial charge in [-0.15, -0.1) is 0 Å². The number of aromatic hydroxyl groups is 1. The zero-order valence-corrected chi connectivity index (χ0v) is 45.9. The molecule has 2 heterocycles. The molecule has 0 aliphatic heterocycles. The van der Waals surface area contributed by atoms with Crippen molar-refractivity contribution in [3.05, 3.63) is 192 Å². The molecule has 4 heteroatoms. The van der Waals surface area contributed by atoms with Gasteiger partial charge in [-0.25, -0.2) is 4.98 Å². The van der Waals surface area contributed by atoms with E-state index in [4.69, 9.17) is 12.7 Å². The lowest BCUT2D eigenvalue weighted by molar-refractivity contribution is 0.411. The van der Waals surface area contributed by atoms with Crippen molar-refractivity contribution in [2.75, 3.05) is 0 Å². The second-order valence-corrected chi connectivity index (χ2v) is 25.2. The van der Waals surface area contributed by atoms with Crippen molar-refractivity contribution in [3.63, 3.8) is 0 Å². The second-order valence-electron chi connectivity index (χ2n) is 25.2. The SMILES string of the molecule is [2H]C([2H])(c1ccc(-c2ccnc(-c3cc(-c4cccc5c4nc(-c4cc(C(C)(C)C)cc(C(C)(C)C)c4O)n5-c4c(-c5ccccc5)cc(C(C)(C)C)cc4-c4ccccc4)cc(C(C)(C)C)c3)c2)cc1)C(C)(C)C. The molecule has 7 aromatic carbocycles. The van der Waals surface area contributed by atoms with E-state index in [1.807, 2.05) is 57.3 Å². The monoisotopic (exact) mass is 964 g/mol. The maximum atomic E-state index is 12.9. The molecule has 0 atom stereocenters. The number of phenolic OH excluding ortho intramolecular Hbond substituents is 1. The summed E-state index contributed by atoms with van der Waals surface area (Å²) in [7, 11) is 0. The molecule has 372 valence electrons. The predicted octanol–water partition coefficient (Wildman–Crippen LogP) is 18.9. The van der Waals surface area contributed by atoms with Crippen LogP contribution in [-0.2, 0) is 28.0 Å². The summed E-state index contributed by atoms with van der Waals surface area (Å²) in [6, 6.07) is 55.8. The average molecular weight is 964 g/mol. The summed E-state index contributed by atoms with van der Waals surface area (Å²) in [5.74, 6) is 0.889. The number of hydrogen-bond acceptors (Lipinski definition) is 3. The van der Waals surface area contributed by atoms with Gasteiger partial charge in [0, 0.05) is 36.8 Å². The molecular weight excluding hydrogens is 887 g/mol. The number of aromatic nitrogens is 3. The molecule has 4 nitrogen and oxygen atoms in total. The third kappa shape index (κ3) is 10.6. The summed E-state index contributed by atoms with van der Waals surface area (Å²) < 4.78 is 20.1. The number of imidazole rings is 1. The van der Waals surface area contributed by atoms with Gasteiger partial charge in [-0.3, -0.25) is 9.55 Å². The zero-order valence-electron chi connectivity index (χ0n) is 47.9. The Labute approximate surface area is 439 Å². The van der Waals surface area contributed by atoms with Crippen LogP contribution >= 0.6 is 0 Å². The lowest BCUT2D eigenvalue weighted by Crippen LogP contribution is -2.17. The first kappa shape index (κ1) is 48.2. The summed E-state index contributed by atoms with van der Waals surface area (Å²) in [4.78, 5) is 10.8. The van der Waals surface area contributed by atoms with Gasteiger partial charge >= 0.3 is 0 Å². The fourth-order valence-electron chi connectivity index (χ4n) is 9.84. The Morgan fingerprint density at radius 3 is 1.53 bits per heavy atom. The molecule has 73 heavy (non-hydrogen) atoms. The third-order valence-electron chi connectivity index (χ3n) is 14.0. The van der Waals surface area contributed by atoms with E-state index in [1.54, 1.807) is 0 Å². The van der Waals surface area contributed by atoms with Crippen LogP contribution in [0.25, 0.3) is 83.9 Å². The zero-order chi connectivity index (χ0) is 54.2. The van der Waals surface area contributed by atoms with Gasteiger partial charge in [0.1, 0.15) is 11.6 Å². The number of nitrogens with zero attached hydrogens (tertiary/aromatic N) is 3. The van der Waals surface area contributed by atoms with Gasteiger partial charge in [0.25, 0.3) is 0 Å². The van der Waals surface area contributed by atoms with E-state index in [2.05, 4.69) is 215 Å². The topological polar surface area (TPSA) is 50.9 Å². The van der Waals surface area contributed by atoms with Crippen LogP contribution in [0.4, 0.5) is 0 Å². The first-order valence-electron chi connectivity index (χ1n) is 27.0. The molecule has 0 aliphatic rings. The van der Waals surface area contributed by atoms with E-state index >= 15 is 0 Å². The lowest BCUT2D eigenvalue weighted by atomic mass is 9.78. The molecule has 0 radical (unpaired) electrons. The third-order valence-corrected chi connectivity index (χ3v) is 14.0. The fraction of sp³-hybridized carbons (Fsp3) is 0.304. The molecule has 9 rings (SSSR count). The molecule has 1 N–H and O–H groups in total. The second kappa shape index (κ2) is 18.8. The molecule has 0 saturated carbocycles. The minimum atomic E-state index is -1.49. The van der Waals surface area contributed by atoms with Crippen molar-refractivity contribution < 1.29 is 7.85 Å². The Kier molecular flexibility index (Phi) is 12.4. The lowest BCUT2D eigenvalue weighted by Gasteiger charge is -2.28. The van der Waals surface area contributed by atoms with E-state index in [-0.39, 0.29) is 27.4 Å². The first-order valence-corrected chi connectivity index (χ1v) is 26.0. The Bertz CT molecular complexity index is 3510. The van der Waals surface area contributed by atoms with Gasteiger partial charge in [-0.2, -0.15) is 0 Å². The standard InChI is InChI=1S/C69H75N3O/c1-65(2,3)43-44-29-31-45(32-30-44)48-33-34-70-59(38-48)50-35-49(36-51(37-50)66(4,5)6)54-27-22-28-60-61(54)71-64(57-41-53(68(10,11)12)42-58(63(57)73)69(13,14)15)72(60)62-55(46-23-18-16-19-24-46)39-52(67(7,8)9)40-56(62)47-25-20-17-21-26-47/h16-42,73H,43H2,1-15H3/i43D2. The molecule has 9 aromatic rings. The van der Waals surface area contributed by atoms with Crippen molar-refractivity contribution in [1.82, 2.24) is 14.5 Å². The molecule has 2 aromatic heterocycles. The Balaban J connectivity index is 1.37. The molecule has 0 aliphatic carbocycles. The van der Waals surface area contributed by atoms with Gasteiger partial charge in [-0.05, 0) is 132 Å². The highest BCUT2D eigenvalue weighted by atomic mass is 16.3. The average Bonchev–Trinajstić information content (AvgIpc) is 3.77. The number of hydrogen-bond donors (Lipinski definition) is 1. The van der Waals surface area contributed by atoms with Crippen LogP contribution in [-0.4, -0.2) is 19.6 Å². The quantitative estimate of drug-likeness (QED) is 0.165. The van der Waals surface area contributed by atoms with Crippen LogP contribution < -0.4 is 0 Å². The number of rotatable bonds is 8. The minimum absolute atomic E-state index is 0.169. The van der Waals surface area contributed by atoms with E-state index in [0.29, 0.717) is 17.0 Å². The van der Waals surface area contributed by atoms with Crippen LogP contribution in [0.2, 0.25) is 0 Å². The number of phenols is 1. The largest absolute Gasteiger partial charge is 0.507 e. The smallest absolute Gasteiger partial charge is 0.149 e. The summed E-state index contributed by atoms with van der Waals surface area (Å²) in [5.41, 5.74) is 17.0. The summed E-state index contributed by atoms with van der Waals surface area (Å²) in [5, 5.41) is 12.9. The van der Waals surface area contributed by atoms with E-state index in [0.717, 1.165) is 89.2 Å². The van der Waals surface area contributed by atoms with Crippen LogP contribution in [0.3, 0.4) is 0 Å². The van der Waals surface area contributed by atoms with Gasteiger partial charge in [0.2, 0.25) is 0 Å². The number of pyridine rings is 1. The molecular formula is C69H75N3O. The number of para-hydroxylation sites is 1. The van der Waals surface area contributed by atoms with Crippen molar-refractivity contribution in [2.24, 2.45) is 5.41 Å². The molecule has 0 saturated heterocycles. The molecule has 0 bridgehead atoms. The highest BCUT2D eigenvalue weighted by Gasteiger charge is 2.31. The minimum Gasteiger partial charge on any atom is -0.507 e. The molecule has 0 unspecified atom stereocenters. The van der Waals surface area contributed by atoms with Gasteiger partial charge in [0.15, 0.2) is 0 Å². The maximum absolute atomic E-state index is 12.9. The van der Waals surface area contributed by atoms with Gasteiger partial charge in [0.05, 0.1) is 28.0 Å². The van der Waals surface area contributed by atoms with Crippen molar-refractivity contribution in [3.8, 4) is 78.6 Å². The van der Waals surface area contributed by atoms with Crippen LogP contribution in [0, 0.1) is 5.41 Å². The first-order chi connectivity index (χ1) is 35.0. The Morgan fingerprint density at radius 1 is 0.452 bits per heavy atom. The highest BCUT2D eigenvalue weighted by Crippen LogP contribution is 2.48. The number of fused-ring (bicyclic) bond motifs is 1. The fourth-order valence-corrected chi connectivity index (χ4v) is 9.84. The van der Waals surface area contributed by atoms with Crippen molar-refractivity contribution >= 4 is 11.0 Å². The van der Waals surface area contributed by atoms with Crippen molar-refractivity contribution in [2.45, 2.75) is 132 Å². The van der Waals surface area contributed by atoms with E-state index < -0.39 is 11.8 Å². The van der Waals surface area contributed by atoms with Crippen LogP contribution in [0.5, 0.6) is 5.75 Å². The molecule has 0 fully saturated rings. The van der Waals surface area contributed by atoms with Crippen LogP contribution in [0.15, 0.2) is 164 Å². The molecule has 0 spiro atoms. The normalized spacial score (nSPS) is 13.3. The van der Waals surface area contributed by atoms with Gasteiger partial charge < -0.3 is 5.11 Å². The van der Waals surface area contributed by atoms with E-state index in [1.165, 1.54) is 5.56 Å². The Morgan fingerprint density at radius 2 is 0.986 bits per heavy atom. The summed E-state index contributed by atoms with van der Waals surface area (Å²) >= 11 is 0. The summed E-state index contributed by atoms with van der Waals surface area (Å²) in [6.45, 7) is 32.6. The predicted molar refractivity (Wildman–Crippen MR) is 311 cm³/mol. The highest BCUT2D eigenvalue weighted by molar-refractivity contribution is 6.00. The summed E-state index contributed by atoms with van der Waals surface area (Å²) in [6.07, 6.45) is 0.379. The maximum Gasteiger partial charge on any atom is 0.149 e. The molecule has 0 amide bonds. The van der Waals surface area contributed by atoms with Crippen molar-refractivity contribution in [1.29, 1.82) is 0 Å².